The summed E-state index contributed by atoms with van der Waals surface area (Å²) in [5, 5.41) is 12.2. The molecule has 1 aliphatic rings. The lowest BCUT2D eigenvalue weighted by molar-refractivity contribution is -0.142. The highest BCUT2D eigenvalue weighted by atomic mass is 16.4. The molecule has 1 fully saturated rings. The van der Waals surface area contributed by atoms with E-state index in [1.165, 1.54) is 4.90 Å². The van der Waals surface area contributed by atoms with E-state index in [1.807, 2.05) is 25.1 Å². The van der Waals surface area contributed by atoms with Gasteiger partial charge < -0.3 is 15.3 Å². The SMILES string of the molecule is CCc1ccccc1C(=O)N1CCNCC1C(=O)O. The van der Waals surface area contributed by atoms with Crippen LogP contribution in [0.25, 0.3) is 0 Å². The van der Waals surface area contributed by atoms with Crippen LogP contribution in [0.15, 0.2) is 24.3 Å². The summed E-state index contributed by atoms with van der Waals surface area (Å²) < 4.78 is 0. The average Bonchev–Trinajstić information content (AvgIpc) is 2.46. The van der Waals surface area contributed by atoms with Gasteiger partial charge in [-0.25, -0.2) is 4.79 Å². The van der Waals surface area contributed by atoms with Crippen LogP contribution in [-0.2, 0) is 11.2 Å². The van der Waals surface area contributed by atoms with Crippen LogP contribution < -0.4 is 5.32 Å². The molecule has 5 nitrogen and oxygen atoms in total. The first-order valence-electron chi connectivity index (χ1n) is 6.47. The van der Waals surface area contributed by atoms with Crippen LogP contribution in [0.5, 0.6) is 0 Å². The number of rotatable bonds is 3. The molecule has 0 saturated carbocycles. The first-order chi connectivity index (χ1) is 9.15. The molecule has 102 valence electrons. The molecular formula is C14H18N2O3. The van der Waals surface area contributed by atoms with Gasteiger partial charge in [-0.15, -0.1) is 0 Å². The first-order valence-corrected chi connectivity index (χ1v) is 6.47. The summed E-state index contributed by atoms with van der Waals surface area (Å²) in [6.45, 7) is 3.34. The van der Waals surface area contributed by atoms with E-state index >= 15 is 0 Å². The second-order valence-electron chi connectivity index (χ2n) is 4.57. The van der Waals surface area contributed by atoms with E-state index in [4.69, 9.17) is 0 Å². The summed E-state index contributed by atoms with van der Waals surface area (Å²) in [7, 11) is 0. The van der Waals surface area contributed by atoms with E-state index in [0.717, 1.165) is 12.0 Å². The molecule has 1 aromatic carbocycles. The number of aliphatic carboxylic acids is 1. The van der Waals surface area contributed by atoms with E-state index in [-0.39, 0.29) is 5.91 Å². The largest absolute Gasteiger partial charge is 0.480 e. The summed E-state index contributed by atoms with van der Waals surface area (Å²) in [6, 6.07) is 6.59. The van der Waals surface area contributed by atoms with E-state index in [2.05, 4.69) is 5.32 Å². The lowest BCUT2D eigenvalue weighted by atomic mass is 10.0. The topological polar surface area (TPSA) is 69.6 Å². The van der Waals surface area contributed by atoms with E-state index < -0.39 is 12.0 Å². The number of carboxylic acids is 1. The number of piperazine rings is 1. The number of nitrogens with one attached hydrogen (secondary N) is 1. The molecule has 19 heavy (non-hydrogen) atoms. The van der Waals surface area contributed by atoms with Crippen LogP contribution >= 0.6 is 0 Å². The van der Waals surface area contributed by atoms with Crippen molar-refractivity contribution >= 4 is 11.9 Å². The standard InChI is InChI=1S/C14H18N2O3/c1-2-10-5-3-4-6-11(10)13(17)16-8-7-15-9-12(16)14(18)19/h3-6,12,15H,2,7-9H2,1H3,(H,18,19). The summed E-state index contributed by atoms with van der Waals surface area (Å²) in [6.07, 6.45) is 0.756. The molecule has 0 aromatic heterocycles. The Morgan fingerprint density at radius 3 is 2.84 bits per heavy atom. The molecule has 0 bridgehead atoms. The van der Waals surface area contributed by atoms with Gasteiger partial charge in [0, 0.05) is 25.2 Å². The lowest BCUT2D eigenvalue weighted by Gasteiger charge is -2.33. The van der Waals surface area contributed by atoms with Gasteiger partial charge in [0.2, 0.25) is 0 Å². The summed E-state index contributed by atoms with van der Waals surface area (Å²) in [4.78, 5) is 25.2. The third kappa shape index (κ3) is 2.76. The predicted molar refractivity (Wildman–Crippen MR) is 71.2 cm³/mol. The Hall–Kier alpha value is -1.88. The molecule has 1 atom stereocenters. The van der Waals surface area contributed by atoms with Crippen LogP contribution in [0.1, 0.15) is 22.8 Å². The minimum Gasteiger partial charge on any atom is -0.480 e. The van der Waals surface area contributed by atoms with Crippen molar-refractivity contribution in [2.75, 3.05) is 19.6 Å². The molecule has 2 N–H and O–H groups in total. The van der Waals surface area contributed by atoms with Crippen LogP contribution in [0, 0.1) is 0 Å². The molecule has 0 aliphatic carbocycles. The van der Waals surface area contributed by atoms with Gasteiger partial charge in [0.25, 0.3) is 5.91 Å². The maximum absolute atomic E-state index is 12.5. The Morgan fingerprint density at radius 1 is 1.42 bits per heavy atom. The number of carboxylic acid groups (broad SMARTS) is 1. The molecule has 1 aliphatic heterocycles. The number of carbonyl (C=O) groups excluding carboxylic acids is 1. The zero-order valence-electron chi connectivity index (χ0n) is 10.9. The van der Waals surface area contributed by atoms with Crippen molar-refractivity contribution in [2.45, 2.75) is 19.4 Å². The van der Waals surface area contributed by atoms with Gasteiger partial charge in [0.15, 0.2) is 0 Å². The fourth-order valence-electron chi connectivity index (χ4n) is 2.36. The van der Waals surface area contributed by atoms with E-state index in [1.54, 1.807) is 6.07 Å². The van der Waals surface area contributed by atoms with Gasteiger partial charge in [-0.1, -0.05) is 25.1 Å². The number of benzene rings is 1. The zero-order valence-corrected chi connectivity index (χ0v) is 10.9. The fraction of sp³-hybridized carbons (Fsp3) is 0.429. The quantitative estimate of drug-likeness (QED) is 0.843. The van der Waals surface area contributed by atoms with E-state index in [9.17, 15) is 14.7 Å². The molecule has 1 heterocycles. The second-order valence-corrected chi connectivity index (χ2v) is 4.57. The maximum Gasteiger partial charge on any atom is 0.327 e. The maximum atomic E-state index is 12.5. The highest BCUT2D eigenvalue weighted by molar-refractivity contribution is 5.98. The molecule has 1 unspecified atom stereocenters. The Labute approximate surface area is 112 Å². The van der Waals surface area contributed by atoms with Crippen molar-refractivity contribution in [1.82, 2.24) is 10.2 Å². The van der Waals surface area contributed by atoms with Crippen LogP contribution in [0.2, 0.25) is 0 Å². The van der Waals surface area contributed by atoms with Crippen LogP contribution in [-0.4, -0.2) is 47.6 Å². The van der Waals surface area contributed by atoms with Crippen molar-refractivity contribution in [3.05, 3.63) is 35.4 Å². The summed E-state index contributed by atoms with van der Waals surface area (Å²) in [5.74, 6) is -1.15. The molecule has 0 spiro atoms. The fourth-order valence-corrected chi connectivity index (χ4v) is 2.36. The number of amides is 1. The van der Waals surface area contributed by atoms with E-state index in [0.29, 0.717) is 25.2 Å². The minimum absolute atomic E-state index is 0.189. The molecule has 2 rings (SSSR count). The number of carbonyl (C=O) groups is 2. The van der Waals surface area contributed by atoms with Crippen LogP contribution in [0.3, 0.4) is 0 Å². The zero-order chi connectivity index (χ0) is 13.8. The van der Waals surface area contributed by atoms with Crippen molar-refractivity contribution < 1.29 is 14.7 Å². The van der Waals surface area contributed by atoms with Crippen LogP contribution in [0.4, 0.5) is 0 Å². The van der Waals surface area contributed by atoms with Crippen molar-refractivity contribution in [3.63, 3.8) is 0 Å². The minimum atomic E-state index is -0.963. The van der Waals surface area contributed by atoms with Crippen molar-refractivity contribution in [3.8, 4) is 0 Å². The summed E-state index contributed by atoms with van der Waals surface area (Å²) >= 11 is 0. The van der Waals surface area contributed by atoms with Gasteiger partial charge in [-0.05, 0) is 18.1 Å². The molecule has 1 aromatic rings. The number of aryl methyl sites for hydroxylation is 1. The molecule has 5 heteroatoms. The lowest BCUT2D eigenvalue weighted by Crippen LogP contribution is -2.57. The molecule has 0 radical (unpaired) electrons. The number of hydrogen-bond acceptors (Lipinski definition) is 3. The second kappa shape index (κ2) is 5.84. The molecule has 1 saturated heterocycles. The average molecular weight is 262 g/mol. The Morgan fingerprint density at radius 2 is 2.16 bits per heavy atom. The van der Waals surface area contributed by atoms with Crippen molar-refractivity contribution in [1.29, 1.82) is 0 Å². The smallest absolute Gasteiger partial charge is 0.327 e. The first kappa shape index (κ1) is 13.5. The number of nitrogens with zero attached hydrogens (tertiary/aromatic N) is 1. The van der Waals surface area contributed by atoms with Gasteiger partial charge >= 0.3 is 5.97 Å². The molecule has 1 amide bonds. The third-order valence-corrected chi connectivity index (χ3v) is 3.42. The Kier molecular flexibility index (Phi) is 4.16. The summed E-state index contributed by atoms with van der Waals surface area (Å²) in [5.41, 5.74) is 1.56. The van der Waals surface area contributed by atoms with Crippen molar-refractivity contribution in [2.24, 2.45) is 0 Å². The highest BCUT2D eigenvalue weighted by Crippen LogP contribution is 2.15. The van der Waals surface area contributed by atoms with Gasteiger partial charge in [0.1, 0.15) is 6.04 Å². The monoisotopic (exact) mass is 262 g/mol. The highest BCUT2D eigenvalue weighted by Gasteiger charge is 2.32. The number of hydrogen-bond donors (Lipinski definition) is 2. The normalized spacial score (nSPS) is 19.2. The van der Waals surface area contributed by atoms with Gasteiger partial charge in [-0.3, -0.25) is 4.79 Å². The van der Waals surface area contributed by atoms with Gasteiger partial charge in [0.05, 0.1) is 0 Å². The molecular weight excluding hydrogens is 244 g/mol. The Bertz CT molecular complexity index is 487. The Balaban J connectivity index is 2.29. The predicted octanol–water partition coefficient (Wildman–Crippen LogP) is 0.748. The van der Waals surface area contributed by atoms with Gasteiger partial charge in [-0.2, -0.15) is 0 Å². The third-order valence-electron chi connectivity index (χ3n) is 3.42.